The number of fused-ring (bicyclic) bond motifs is 1. The third-order valence-corrected chi connectivity index (χ3v) is 4.12. The standard InChI is InChI=1S/C13H12FN5.C5H10O2/c1-2-8-3-4-10(16-6-8)11-5-9(14)12-7-17-13(15)18-19(11)12;6-5-2-1-3-7-4-5/h3-7H,2H2,1H3,(H2,15,18);5-6H,1-4H2. The summed E-state index contributed by atoms with van der Waals surface area (Å²) in [6.45, 7) is 3.42. The molecule has 1 aliphatic rings. The number of aromatic nitrogens is 4. The molecule has 0 aromatic carbocycles. The summed E-state index contributed by atoms with van der Waals surface area (Å²) >= 11 is 0. The molecule has 1 unspecified atom stereocenters. The maximum Gasteiger partial charge on any atom is 0.238 e. The van der Waals surface area contributed by atoms with E-state index in [1.165, 1.54) is 16.8 Å². The fraction of sp³-hybridized carbons (Fsp3) is 0.389. The lowest BCUT2D eigenvalue weighted by atomic mass is 10.2. The number of aliphatic hydroxyl groups is 1. The Kier molecular flexibility index (Phi) is 5.75. The number of aryl methyl sites for hydroxylation is 1. The maximum absolute atomic E-state index is 13.8. The van der Waals surface area contributed by atoms with Crippen LogP contribution in [0.25, 0.3) is 16.9 Å². The predicted molar refractivity (Wildman–Crippen MR) is 96.0 cm³/mol. The van der Waals surface area contributed by atoms with E-state index in [-0.39, 0.29) is 17.6 Å². The van der Waals surface area contributed by atoms with Crippen LogP contribution in [0.4, 0.5) is 10.3 Å². The van der Waals surface area contributed by atoms with Crippen molar-refractivity contribution in [3.63, 3.8) is 0 Å². The normalized spacial score (nSPS) is 17.0. The van der Waals surface area contributed by atoms with Gasteiger partial charge in [0, 0.05) is 18.9 Å². The highest BCUT2D eigenvalue weighted by molar-refractivity contribution is 5.64. The van der Waals surface area contributed by atoms with Crippen molar-refractivity contribution in [3.8, 4) is 11.4 Å². The van der Waals surface area contributed by atoms with E-state index in [0.717, 1.165) is 31.4 Å². The number of aliphatic hydroxyl groups excluding tert-OH is 1. The number of hydrogen-bond acceptors (Lipinski definition) is 6. The predicted octanol–water partition coefficient (Wildman–Crippen LogP) is 2.23. The molecule has 4 heterocycles. The number of nitrogens with two attached hydrogens (primary N) is 1. The molecule has 3 aromatic heterocycles. The summed E-state index contributed by atoms with van der Waals surface area (Å²) in [7, 11) is 0. The molecule has 26 heavy (non-hydrogen) atoms. The topological polar surface area (TPSA) is 98.6 Å². The van der Waals surface area contributed by atoms with Gasteiger partial charge in [0.15, 0.2) is 5.82 Å². The Hall–Kier alpha value is -2.58. The van der Waals surface area contributed by atoms with Crippen LogP contribution in [0.1, 0.15) is 25.3 Å². The monoisotopic (exact) mass is 359 g/mol. The number of nitrogen functional groups attached to an aromatic ring is 1. The Morgan fingerprint density at radius 1 is 1.35 bits per heavy atom. The van der Waals surface area contributed by atoms with Crippen LogP contribution in [0, 0.1) is 5.82 Å². The van der Waals surface area contributed by atoms with E-state index in [1.807, 2.05) is 12.1 Å². The summed E-state index contributed by atoms with van der Waals surface area (Å²) < 4.78 is 20.2. The van der Waals surface area contributed by atoms with Gasteiger partial charge in [0.25, 0.3) is 0 Å². The van der Waals surface area contributed by atoms with E-state index < -0.39 is 5.82 Å². The van der Waals surface area contributed by atoms with Gasteiger partial charge < -0.3 is 15.6 Å². The molecule has 138 valence electrons. The second-order valence-electron chi connectivity index (χ2n) is 6.07. The van der Waals surface area contributed by atoms with Crippen LogP contribution in [0.15, 0.2) is 30.6 Å². The lowest BCUT2D eigenvalue weighted by Crippen LogP contribution is -2.21. The van der Waals surface area contributed by atoms with E-state index in [4.69, 9.17) is 15.6 Å². The van der Waals surface area contributed by atoms with Crippen LogP contribution in [0.2, 0.25) is 0 Å². The van der Waals surface area contributed by atoms with E-state index in [0.29, 0.717) is 18.0 Å². The SMILES string of the molecule is CCc1ccc(-c2cc(F)c3cnc(N)nn23)nc1.OC1CCCOC1. The summed E-state index contributed by atoms with van der Waals surface area (Å²) in [4.78, 5) is 8.11. The minimum atomic E-state index is -0.392. The second-order valence-corrected chi connectivity index (χ2v) is 6.07. The van der Waals surface area contributed by atoms with Crippen LogP contribution < -0.4 is 5.73 Å². The summed E-state index contributed by atoms with van der Waals surface area (Å²) in [6, 6.07) is 5.19. The third kappa shape index (κ3) is 4.14. The lowest BCUT2D eigenvalue weighted by molar-refractivity contribution is -0.00535. The molecule has 3 N–H and O–H groups in total. The maximum atomic E-state index is 13.8. The molecule has 7 nitrogen and oxygen atoms in total. The van der Waals surface area contributed by atoms with Gasteiger partial charge in [0.1, 0.15) is 5.52 Å². The average molecular weight is 359 g/mol. The van der Waals surface area contributed by atoms with Gasteiger partial charge in [-0.25, -0.2) is 13.9 Å². The average Bonchev–Trinajstić information content (AvgIpc) is 2.99. The number of nitrogens with zero attached hydrogens (tertiary/aromatic N) is 4. The zero-order chi connectivity index (χ0) is 18.5. The van der Waals surface area contributed by atoms with Crippen LogP contribution in [0.3, 0.4) is 0 Å². The highest BCUT2D eigenvalue weighted by Crippen LogP contribution is 2.23. The number of rotatable bonds is 2. The Bertz CT molecular complexity index is 860. The Morgan fingerprint density at radius 2 is 2.19 bits per heavy atom. The minimum Gasteiger partial charge on any atom is -0.391 e. The van der Waals surface area contributed by atoms with Crippen molar-refractivity contribution in [2.24, 2.45) is 0 Å². The zero-order valence-corrected chi connectivity index (χ0v) is 14.6. The molecule has 4 rings (SSSR count). The molecule has 0 saturated carbocycles. The van der Waals surface area contributed by atoms with Crippen molar-refractivity contribution in [1.29, 1.82) is 0 Å². The fourth-order valence-corrected chi connectivity index (χ4v) is 2.66. The first kappa shape index (κ1) is 18.2. The summed E-state index contributed by atoms with van der Waals surface area (Å²) in [5, 5.41) is 12.8. The summed E-state index contributed by atoms with van der Waals surface area (Å²) in [6.07, 6.45) is 5.79. The van der Waals surface area contributed by atoms with Crippen molar-refractivity contribution in [1.82, 2.24) is 19.6 Å². The second kappa shape index (κ2) is 8.20. The van der Waals surface area contributed by atoms with Gasteiger partial charge in [-0.05, 0) is 30.9 Å². The number of halogens is 1. The van der Waals surface area contributed by atoms with Crippen molar-refractivity contribution in [2.45, 2.75) is 32.3 Å². The molecule has 0 amide bonds. The number of pyridine rings is 1. The van der Waals surface area contributed by atoms with Gasteiger partial charge in [-0.2, -0.15) is 0 Å². The highest BCUT2D eigenvalue weighted by Gasteiger charge is 2.13. The lowest BCUT2D eigenvalue weighted by Gasteiger charge is -2.15. The van der Waals surface area contributed by atoms with Gasteiger partial charge in [-0.15, -0.1) is 5.10 Å². The van der Waals surface area contributed by atoms with Crippen LogP contribution >= 0.6 is 0 Å². The van der Waals surface area contributed by atoms with Crippen LogP contribution in [0.5, 0.6) is 0 Å². The minimum absolute atomic E-state index is 0.0922. The smallest absolute Gasteiger partial charge is 0.238 e. The molecule has 1 saturated heterocycles. The molecular weight excluding hydrogens is 337 g/mol. The third-order valence-electron chi connectivity index (χ3n) is 4.12. The Morgan fingerprint density at radius 3 is 2.77 bits per heavy atom. The zero-order valence-electron chi connectivity index (χ0n) is 14.6. The largest absolute Gasteiger partial charge is 0.391 e. The van der Waals surface area contributed by atoms with Crippen molar-refractivity contribution in [3.05, 3.63) is 42.0 Å². The first-order valence-electron chi connectivity index (χ1n) is 8.59. The van der Waals surface area contributed by atoms with Crippen LogP contribution in [-0.4, -0.2) is 44.0 Å². The molecule has 1 atom stereocenters. The van der Waals surface area contributed by atoms with Crippen molar-refractivity contribution < 1.29 is 14.2 Å². The Balaban J connectivity index is 0.000000236. The summed E-state index contributed by atoms with van der Waals surface area (Å²) in [5.74, 6) is -0.300. The molecule has 3 aromatic rings. The molecule has 0 radical (unpaired) electrons. The van der Waals surface area contributed by atoms with E-state index in [9.17, 15) is 4.39 Å². The number of anilines is 1. The first-order valence-corrected chi connectivity index (χ1v) is 8.59. The van der Waals surface area contributed by atoms with Gasteiger partial charge in [0.05, 0.1) is 30.3 Å². The van der Waals surface area contributed by atoms with E-state index >= 15 is 0 Å². The van der Waals surface area contributed by atoms with Crippen molar-refractivity contribution in [2.75, 3.05) is 18.9 Å². The number of ether oxygens (including phenoxy) is 1. The van der Waals surface area contributed by atoms with Gasteiger partial charge in [0.2, 0.25) is 5.95 Å². The molecule has 8 heteroatoms. The molecular formula is C18H22FN5O2. The molecule has 0 aliphatic carbocycles. The highest BCUT2D eigenvalue weighted by atomic mass is 19.1. The Labute approximate surface area is 150 Å². The molecule has 0 spiro atoms. The van der Waals surface area contributed by atoms with Crippen LogP contribution in [-0.2, 0) is 11.2 Å². The first-order chi connectivity index (χ1) is 12.6. The molecule has 1 aliphatic heterocycles. The fourth-order valence-electron chi connectivity index (χ4n) is 2.66. The van der Waals surface area contributed by atoms with Gasteiger partial charge in [-0.3, -0.25) is 4.98 Å². The van der Waals surface area contributed by atoms with Gasteiger partial charge in [-0.1, -0.05) is 13.0 Å². The molecule has 0 bridgehead atoms. The van der Waals surface area contributed by atoms with Gasteiger partial charge >= 0.3 is 0 Å². The number of hydrogen-bond donors (Lipinski definition) is 2. The summed E-state index contributed by atoms with van der Waals surface area (Å²) in [5.41, 5.74) is 8.15. The molecule has 1 fully saturated rings. The van der Waals surface area contributed by atoms with E-state index in [1.54, 1.807) is 6.20 Å². The quantitative estimate of drug-likeness (QED) is 0.728. The van der Waals surface area contributed by atoms with Crippen molar-refractivity contribution >= 4 is 11.5 Å². The van der Waals surface area contributed by atoms with E-state index in [2.05, 4.69) is 22.0 Å².